The second-order valence-corrected chi connectivity index (χ2v) is 4.74. The Kier molecular flexibility index (Phi) is 3.19. The highest BCUT2D eigenvalue weighted by atomic mass is 19.1. The van der Waals surface area contributed by atoms with E-state index in [2.05, 4.69) is 0 Å². The zero-order valence-electron chi connectivity index (χ0n) is 10.1. The summed E-state index contributed by atoms with van der Waals surface area (Å²) in [6, 6.07) is 3.37. The lowest BCUT2D eigenvalue weighted by Gasteiger charge is -2.30. The molecule has 0 bridgehead atoms. The van der Waals surface area contributed by atoms with E-state index in [1.807, 2.05) is 33.8 Å². The minimum Gasteiger partial charge on any atom is -0.385 e. The van der Waals surface area contributed by atoms with Crippen molar-refractivity contribution in [3.8, 4) is 0 Å². The number of benzene rings is 1. The monoisotopic (exact) mass is 210 g/mol. The van der Waals surface area contributed by atoms with Crippen molar-refractivity contribution < 1.29 is 9.50 Å². The van der Waals surface area contributed by atoms with Crippen LogP contribution in [0.15, 0.2) is 12.1 Å². The maximum atomic E-state index is 13.8. The van der Waals surface area contributed by atoms with Gasteiger partial charge in [0.15, 0.2) is 0 Å². The van der Waals surface area contributed by atoms with Crippen LogP contribution in [0.5, 0.6) is 0 Å². The van der Waals surface area contributed by atoms with E-state index < -0.39 is 5.60 Å². The maximum absolute atomic E-state index is 13.8. The first kappa shape index (κ1) is 12.2. The zero-order valence-corrected chi connectivity index (χ0v) is 10.1. The Bertz CT molecular complexity index is 344. The Morgan fingerprint density at radius 2 is 1.80 bits per heavy atom. The first-order valence-electron chi connectivity index (χ1n) is 5.26. The van der Waals surface area contributed by atoms with Crippen molar-refractivity contribution in [2.24, 2.45) is 5.92 Å². The number of hydrogen-bond acceptors (Lipinski definition) is 1. The molecule has 1 rings (SSSR count). The minimum atomic E-state index is -1.11. The molecule has 15 heavy (non-hydrogen) atoms. The second kappa shape index (κ2) is 3.93. The number of hydrogen-bond donors (Lipinski definition) is 1. The van der Waals surface area contributed by atoms with Gasteiger partial charge < -0.3 is 5.11 Å². The van der Waals surface area contributed by atoms with Gasteiger partial charge in [-0.25, -0.2) is 4.39 Å². The molecule has 1 atom stereocenters. The highest BCUT2D eigenvalue weighted by Crippen LogP contribution is 2.33. The van der Waals surface area contributed by atoms with Crippen molar-refractivity contribution in [1.29, 1.82) is 0 Å². The van der Waals surface area contributed by atoms with E-state index in [0.717, 1.165) is 11.1 Å². The molecule has 1 nitrogen and oxygen atoms in total. The lowest BCUT2D eigenvalue weighted by Crippen LogP contribution is -2.30. The van der Waals surface area contributed by atoms with Gasteiger partial charge in [-0.15, -0.1) is 0 Å². The van der Waals surface area contributed by atoms with Gasteiger partial charge >= 0.3 is 0 Å². The van der Waals surface area contributed by atoms with Crippen molar-refractivity contribution in [2.75, 3.05) is 0 Å². The van der Waals surface area contributed by atoms with E-state index in [1.165, 1.54) is 6.07 Å². The third-order valence-electron chi connectivity index (χ3n) is 3.06. The summed E-state index contributed by atoms with van der Waals surface area (Å²) in [5.41, 5.74) is 1.00. The SMILES string of the molecule is Cc1cc(C)c(C(C)(O)C(C)C)c(F)c1. The fraction of sp³-hybridized carbons (Fsp3) is 0.538. The van der Waals surface area contributed by atoms with Gasteiger partial charge in [0, 0.05) is 5.56 Å². The van der Waals surface area contributed by atoms with Crippen molar-refractivity contribution in [1.82, 2.24) is 0 Å². The van der Waals surface area contributed by atoms with Crippen molar-refractivity contribution >= 4 is 0 Å². The van der Waals surface area contributed by atoms with Gasteiger partial charge in [0.25, 0.3) is 0 Å². The molecule has 1 unspecified atom stereocenters. The lowest BCUT2D eigenvalue weighted by atomic mass is 9.82. The Morgan fingerprint density at radius 3 is 2.20 bits per heavy atom. The quantitative estimate of drug-likeness (QED) is 0.794. The molecule has 0 radical (unpaired) electrons. The molecule has 2 heteroatoms. The molecule has 0 aliphatic heterocycles. The fourth-order valence-corrected chi connectivity index (χ4v) is 1.85. The summed E-state index contributed by atoms with van der Waals surface area (Å²) < 4.78 is 13.8. The Balaban J connectivity index is 3.38. The van der Waals surface area contributed by atoms with E-state index in [-0.39, 0.29) is 11.7 Å². The predicted molar refractivity (Wildman–Crippen MR) is 60.3 cm³/mol. The van der Waals surface area contributed by atoms with Gasteiger partial charge in [0.05, 0.1) is 5.60 Å². The largest absolute Gasteiger partial charge is 0.385 e. The van der Waals surface area contributed by atoms with Crippen LogP contribution in [0.4, 0.5) is 4.39 Å². The summed E-state index contributed by atoms with van der Waals surface area (Å²) in [7, 11) is 0. The van der Waals surface area contributed by atoms with Crippen LogP contribution in [-0.2, 0) is 5.60 Å². The normalized spacial score (nSPS) is 15.5. The maximum Gasteiger partial charge on any atom is 0.129 e. The Hall–Kier alpha value is -0.890. The third-order valence-corrected chi connectivity index (χ3v) is 3.06. The summed E-state index contributed by atoms with van der Waals surface area (Å²) >= 11 is 0. The number of aryl methyl sites for hydroxylation is 2. The third kappa shape index (κ3) is 2.20. The average molecular weight is 210 g/mol. The predicted octanol–water partition coefficient (Wildman–Crippen LogP) is 3.31. The molecular weight excluding hydrogens is 191 g/mol. The molecule has 0 saturated heterocycles. The molecule has 1 aromatic carbocycles. The van der Waals surface area contributed by atoms with Crippen LogP contribution in [0, 0.1) is 25.6 Å². The summed E-state index contributed by atoms with van der Waals surface area (Å²) in [6.45, 7) is 9.13. The first-order valence-corrected chi connectivity index (χ1v) is 5.26. The molecule has 0 heterocycles. The van der Waals surface area contributed by atoms with Gasteiger partial charge in [0.2, 0.25) is 0 Å². The molecule has 0 saturated carbocycles. The lowest BCUT2D eigenvalue weighted by molar-refractivity contribution is 0.00514. The van der Waals surface area contributed by atoms with Crippen molar-refractivity contribution in [2.45, 2.75) is 40.2 Å². The van der Waals surface area contributed by atoms with Crippen LogP contribution < -0.4 is 0 Å². The van der Waals surface area contributed by atoms with E-state index >= 15 is 0 Å². The molecule has 1 N–H and O–H groups in total. The van der Waals surface area contributed by atoms with E-state index in [1.54, 1.807) is 6.92 Å². The molecular formula is C13H19FO. The first-order chi connectivity index (χ1) is 6.76. The molecule has 0 aliphatic carbocycles. The molecule has 0 fully saturated rings. The summed E-state index contributed by atoms with van der Waals surface area (Å²) in [5, 5.41) is 10.3. The van der Waals surface area contributed by atoms with Gasteiger partial charge in [-0.05, 0) is 43.9 Å². The average Bonchev–Trinajstić information content (AvgIpc) is 2.00. The van der Waals surface area contributed by atoms with Crippen molar-refractivity contribution in [3.05, 3.63) is 34.6 Å². The minimum absolute atomic E-state index is 0.0200. The van der Waals surface area contributed by atoms with E-state index in [9.17, 15) is 9.50 Å². The second-order valence-electron chi connectivity index (χ2n) is 4.74. The molecule has 0 spiro atoms. The fourth-order valence-electron chi connectivity index (χ4n) is 1.85. The van der Waals surface area contributed by atoms with Crippen LogP contribution in [-0.4, -0.2) is 5.11 Å². The Labute approximate surface area is 90.9 Å². The summed E-state index contributed by atoms with van der Waals surface area (Å²) in [4.78, 5) is 0. The van der Waals surface area contributed by atoms with E-state index in [4.69, 9.17) is 0 Å². The van der Waals surface area contributed by atoms with Gasteiger partial charge in [0.1, 0.15) is 5.82 Å². The Morgan fingerprint density at radius 1 is 1.27 bits per heavy atom. The van der Waals surface area contributed by atoms with Crippen LogP contribution in [0.25, 0.3) is 0 Å². The van der Waals surface area contributed by atoms with Crippen LogP contribution >= 0.6 is 0 Å². The number of rotatable bonds is 2. The van der Waals surface area contributed by atoms with Crippen LogP contribution in [0.1, 0.15) is 37.5 Å². The number of halogens is 1. The van der Waals surface area contributed by atoms with E-state index in [0.29, 0.717) is 5.56 Å². The zero-order chi connectivity index (χ0) is 11.8. The number of aliphatic hydroxyl groups is 1. The molecule has 0 aromatic heterocycles. The molecule has 1 aromatic rings. The molecule has 84 valence electrons. The summed E-state index contributed by atoms with van der Waals surface area (Å²) in [6.07, 6.45) is 0. The van der Waals surface area contributed by atoms with Gasteiger partial charge in [-0.1, -0.05) is 19.9 Å². The highest BCUT2D eigenvalue weighted by Gasteiger charge is 2.31. The smallest absolute Gasteiger partial charge is 0.129 e. The molecule has 0 aliphatic rings. The molecule has 0 amide bonds. The van der Waals surface area contributed by atoms with Crippen molar-refractivity contribution in [3.63, 3.8) is 0 Å². The highest BCUT2D eigenvalue weighted by molar-refractivity contribution is 5.36. The summed E-state index contributed by atoms with van der Waals surface area (Å²) in [5.74, 6) is -0.334. The van der Waals surface area contributed by atoms with Gasteiger partial charge in [-0.2, -0.15) is 0 Å². The van der Waals surface area contributed by atoms with Gasteiger partial charge in [-0.3, -0.25) is 0 Å². The van der Waals surface area contributed by atoms with Crippen LogP contribution in [0.2, 0.25) is 0 Å². The van der Waals surface area contributed by atoms with Crippen LogP contribution in [0.3, 0.4) is 0 Å². The topological polar surface area (TPSA) is 20.2 Å². The standard InChI is InChI=1S/C13H19FO/c1-8(2)13(5,15)12-10(4)6-9(3)7-11(12)14/h6-8,15H,1-5H3.